The van der Waals surface area contributed by atoms with Crippen LogP contribution in [0.4, 0.5) is 5.69 Å². The van der Waals surface area contributed by atoms with Crippen LogP contribution >= 0.6 is 11.3 Å². The molecule has 3 nitrogen and oxygen atoms in total. The van der Waals surface area contributed by atoms with Gasteiger partial charge in [-0.05, 0) is 34.5 Å². The SMILES string of the molecule is N#Cc1ccc(NCC(O)c2ccsc2)c2ccccc12. The van der Waals surface area contributed by atoms with E-state index in [0.29, 0.717) is 12.1 Å². The zero-order valence-corrected chi connectivity index (χ0v) is 12.1. The lowest BCUT2D eigenvalue weighted by molar-refractivity contribution is 0.192. The Morgan fingerprint density at radius 2 is 1.95 bits per heavy atom. The molecule has 104 valence electrons. The molecular weight excluding hydrogens is 280 g/mol. The van der Waals surface area contributed by atoms with E-state index in [2.05, 4.69) is 11.4 Å². The van der Waals surface area contributed by atoms with Crippen LogP contribution < -0.4 is 5.32 Å². The molecule has 3 rings (SSSR count). The molecule has 1 unspecified atom stereocenters. The zero-order chi connectivity index (χ0) is 14.7. The molecule has 4 heteroatoms. The molecule has 21 heavy (non-hydrogen) atoms. The van der Waals surface area contributed by atoms with Gasteiger partial charge in [0.1, 0.15) is 0 Å². The highest BCUT2D eigenvalue weighted by Crippen LogP contribution is 2.27. The quantitative estimate of drug-likeness (QED) is 0.767. The van der Waals surface area contributed by atoms with Gasteiger partial charge in [0.25, 0.3) is 0 Å². The van der Waals surface area contributed by atoms with Crippen molar-refractivity contribution in [1.29, 1.82) is 5.26 Å². The largest absolute Gasteiger partial charge is 0.387 e. The van der Waals surface area contributed by atoms with Crippen molar-refractivity contribution in [2.45, 2.75) is 6.10 Å². The summed E-state index contributed by atoms with van der Waals surface area (Å²) in [6.07, 6.45) is -0.536. The Hall–Kier alpha value is -2.35. The highest BCUT2D eigenvalue weighted by molar-refractivity contribution is 7.07. The molecule has 1 atom stereocenters. The van der Waals surface area contributed by atoms with Crippen molar-refractivity contribution in [2.75, 3.05) is 11.9 Å². The minimum absolute atomic E-state index is 0.437. The molecule has 0 saturated heterocycles. The van der Waals surface area contributed by atoms with Gasteiger partial charge >= 0.3 is 0 Å². The Morgan fingerprint density at radius 3 is 2.67 bits per heavy atom. The number of nitriles is 1. The number of rotatable bonds is 4. The Labute approximate surface area is 127 Å². The van der Waals surface area contributed by atoms with Gasteiger partial charge in [-0.3, -0.25) is 0 Å². The van der Waals surface area contributed by atoms with Gasteiger partial charge < -0.3 is 10.4 Å². The number of thiophene rings is 1. The highest BCUT2D eigenvalue weighted by Gasteiger charge is 2.09. The van der Waals surface area contributed by atoms with Crippen molar-refractivity contribution < 1.29 is 5.11 Å². The van der Waals surface area contributed by atoms with Crippen LogP contribution in [0.3, 0.4) is 0 Å². The zero-order valence-electron chi connectivity index (χ0n) is 11.3. The number of aliphatic hydroxyl groups is 1. The van der Waals surface area contributed by atoms with E-state index in [1.54, 1.807) is 11.3 Å². The first kappa shape index (κ1) is 13.6. The first-order valence-corrected chi connectivity index (χ1v) is 7.60. The van der Waals surface area contributed by atoms with E-state index in [9.17, 15) is 5.11 Å². The molecule has 0 amide bonds. The number of nitrogens with zero attached hydrogens (tertiary/aromatic N) is 1. The number of aliphatic hydroxyl groups excluding tert-OH is 1. The number of anilines is 1. The van der Waals surface area contributed by atoms with Crippen molar-refractivity contribution in [1.82, 2.24) is 0 Å². The van der Waals surface area contributed by atoms with Gasteiger partial charge in [0.2, 0.25) is 0 Å². The van der Waals surface area contributed by atoms with Crippen LogP contribution in [0.2, 0.25) is 0 Å². The molecule has 0 fully saturated rings. The summed E-state index contributed by atoms with van der Waals surface area (Å²) in [5.74, 6) is 0. The van der Waals surface area contributed by atoms with E-state index in [-0.39, 0.29) is 0 Å². The number of benzene rings is 2. The molecule has 0 radical (unpaired) electrons. The van der Waals surface area contributed by atoms with Crippen LogP contribution in [-0.2, 0) is 0 Å². The summed E-state index contributed by atoms with van der Waals surface area (Å²) in [7, 11) is 0. The van der Waals surface area contributed by atoms with Crippen LogP contribution in [0.25, 0.3) is 10.8 Å². The van der Waals surface area contributed by atoms with E-state index in [4.69, 9.17) is 5.26 Å². The van der Waals surface area contributed by atoms with Gasteiger partial charge in [0.15, 0.2) is 0 Å². The normalized spacial score (nSPS) is 12.0. The summed E-state index contributed by atoms with van der Waals surface area (Å²) in [6.45, 7) is 0.437. The molecule has 2 N–H and O–H groups in total. The summed E-state index contributed by atoms with van der Waals surface area (Å²) in [6, 6.07) is 15.6. The van der Waals surface area contributed by atoms with Crippen LogP contribution in [-0.4, -0.2) is 11.7 Å². The lowest BCUT2D eigenvalue weighted by Gasteiger charge is -2.14. The van der Waals surface area contributed by atoms with E-state index >= 15 is 0 Å². The molecule has 0 saturated carbocycles. The number of fused-ring (bicyclic) bond motifs is 1. The Bertz CT molecular complexity index is 790. The van der Waals surface area contributed by atoms with Crippen LogP contribution in [0.15, 0.2) is 53.2 Å². The smallest absolute Gasteiger partial charge is 0.0998 e. The average Bonchev–Trinajstić information content (AvgIpc) is 3.06. The predicted octanol–water partition coefficient (Wildman–Crippen LogP) is 3.92. The Kier molecular flexibility index (Phi) is 3.87. The van der Waals surface area contributed by atoms with Gasteiger partial charge in [0, 0.05) is 23.0 Å². The third-order valence-corrected chi connectivity index (χ3v) is 4.16. The molecule has 0 aliphatic heterocycles. The molecule has 0 aliphatic carbocycles. The van der Waals surface area contributed by atoms with Gasteiger partial charge in [-0.25, -0.2) is 0 Å². The van der Waals surface area contributed by atoms with Crippen molar-refractivity contribution in [3.8, 4) is 6.07 Å². The average molecular weight is 294 g/mol. The maximum Gasteiger partial charge on any atom is 0.0998 e. The van der Waals surface area contributed by atoms with Crippen LogP contribution in [0.1, 0.15) is 17.2 Å². The second-order valence-corrected chi connectivity index (χ2v) is 5.55. The minimum Gasteiger partial charge on any atom is -0.387 e. The third-order valence-electron chi connectivity index (χ3n) is 3.46. The van der Waals surface area contributed by atoms with E-state index < -0.39 is 6.10 Å². The molecule has 1 aromatic heterocycles. The fourth-order valence-corrected chi connectivity index (χ4v) is 3.05. The van der Waals surface area contributed by atoms with Crippen LogP contribution in [0, 0.1) is 11.3 Å². The van der Waals surface area contributed by atoms with Crippen molar-refractivity contribution in [3.63, 3.8) is 0 Å². The van der Waals surface area contributed by atoms with Gasteiger partial charge in [0.05, 0.1) is 17.7 Å². The maximum absolute atomic E-state index is 10.1. The second-order valence-electron chi connectivity index (χ2n) is 4.77. The molecule has 1 heterocycles. The standard InChI is InChI=1S/C17H14N2OS/c18-9-12-5-6-16(15-4-2-1-3-14(12)15)19-10-17(20)13-7-8-21-11-13/h1-8,11,17,19-20H,10H2. The lowest BCUT2D eigenvalue weighted by atomic mass is 10.0. The molecule has 2 aromatic carbocycles. The Morgan fingerprint density at radius 1 is 1.14 bits per heavy atom. The highest BCUT2D eigenvalue weighted by atomic mass is 32.1. The lowest BCUT2D eigenvalue weighted by Crippen LogP contribution is -2.11. The third kappa shape index (κ3) is 2.75. The summed E-state index contributed by atoms with van der Waals surface area (Å²) in [5.41, 5.74) is 2.51. The maximum atomic E-state index is 10.1. The summed E-state index contributed by atoms with van der Waals surface area (Å²) < 4.78 is 0. The summed E-state index contributed by atoms with van der Waals surface area (Å²) in [4.78, 5) is 0. The monoisotopic (exact) mass is 294 g/mol. The van der Waals surface area contributed by atoms with Gasteiger partial charge in [-0.2, -0.15) is 16.6 Å². The predicted molar refractivity (Wildman–Crippen MR) is 86.4 cm³/mol. The van der Waals surface area contributed by atoms with Gasteiger partial charge in [-0.1, -0.05) is 24.3 Å². The minimum atomic E-state index is -0.536. The van der Waals surface area contributed by atoms with Crippen molar-refractivity contribution >= 4 is 27.8 Å². The second kappa shape index (κ2) is 5.96. The van der Waals surface area contributed by atoms with E-state index in [1.807, 2.05) is 53.2 Å². The molecular formula is C17H14N2OS. The first-order valence-electron chi connectivity index (χ1n) is 6.65. The van der Waals surface area contributed by atoms with Crippen molar-refractivity contribution in [2.24, 2.45) is 0 Å². The summed E-state index contributed by atoms with van der Waals surface area (Å²) in [5, 5.41) is 28.4. The van der Waals surface area contributed by atoms with E-state index in [1.165, 1.54) is 0 Å². The first-order chi connectivity index (χ1) is 10.3. The van der Waals surface area contributed by atoms with Crippen molar-refractivity contribution in [3.05, 3.63) is 64.4 Å². The number of hydrogen-bond donors (Lipinski definition) is 2. The molecule has 0 spiro atoms. The molecule has 0 aliphatic rings. The topological polar surface area (TPSA) is 56.0 Å². The Balaban J connectivity index is 1.87. The van der Waals surface area contributed by atoms with Crippen LogP contribution in [0.5, 0.6) is 0 Å². The number of hydrogen-bond acceptors (Lipinski definition) is 4. The molecule has 0 bridgehead atoms. The molecule has 3 aromatic rings. The number of nitrogens with one attached hydrogen (secondary N) is 1. The van der Waals surface area contributed by atoms with Gasteiger partial charge in [-0.15, -0.1) is 0 Å². The summed E-state index contributed by atoms with van der Waals surface area (Å²) >= 11 is 1.57. The fraction of sp³-hybridized carbons (Fsp3) is 0.118. The van der Waals surface area contributed by atoms with E-state index in [0.717, 1.165) is 22.0 Å². The fourth-order valence-electron chi connectivity index (χ4n) is 2.34.